The summed E-state index contributed by atoms with van der Waals surface area (Å²) in [5.74, 6) is 0. The number of benzene rings is 1. The standard InChI is InChI=1S/C16H26OSi/c1-16(2,3)18(4,5)17-15-11-10-13-8-6-7-9-14(13)12-15/h6-9,15H,10-12H2,1-5H3/t15-/m1/s1. The van der Waals surface area contributed by atoms with Gasteiger partial charge in [0, 0.05) is 6.10 Å². The molecule has 0 heterocycles. The summed E-state index contributed by atoms with van der Waals surface area (Å²) in [4.78, 5) is 0. The minimum atomic E-state index is -1.61. The SMILES string of the molecule is CC(C)(C)[Si](C)(C)O[C@@H]1CCc2ccccc2C1. The van der Waals surface area contributed by atoms with E-state index in [9.17, 15) is 0 Å². The van der Waals surface area contributed by atoms with Crippen LogP contribution in [0.5, 0.6) is 0 Å². The number of rotatable bonds is 2. The second kappa shape index (κ2) is 4.82. The maximum Gasteiger partial charge on any atom is 0.192 e. The van der Waals surface area contributed by atoms with Gasteiger partial charge in [0.05, 0.1) is 0 Å². The highest BCUT2D eigenvalue weighted by molar-refractivity contribution is 6.74. The van der Waals surface area contributed by atoms with Gasteiger partial charge in [-0.05, 0) is 48.5 Å². The highest BCUT2D eigenvalue weighted by Gasteiger charge is 2.39. The van der Waals surface area contributed by atoms with Crippen LogP contribution < -0.4 is 0 Å². The summed E-state index contributed by atoms with van der Waals surface area (Å²) in [5.41, 5.74) is 3.01. The van der Waals surface area contributed by atoms with Gasteiger partial charge in [-0.1, -0.05) is 45.0 Å². The molecule has 100 valence electrons. The van der Waals surface area contributed by atoms with E-state index >= 15 is 0 Å². The van der Waals surface area contributed by atoms with E-state index in [2.05, 4.69) is 58.1 Å². The van der Waals surface area contributed by atoms with Crippen LogP contribution in [-0.2, 0) is 17.3 Å². The van der Waals surface area contributed by atoms with Gasteiger partial charge in [0.25, 0.3) is 0 Å². The highest BCUT2D eigenvalue weighted by Crippen LogP contribution is 2.38. The Kier molecular flexibility index (Phi) is 3.70. The van der Waals surface area contributed by atoms with Crippen LogP contribution in [-0.4, -0.2) is 14.4 Å². The molecule has 0 spiro atoms. The predicted molar refractivity (Wildman–Crippen MR) is 80.5 cm³/mol. The second-order valence-corrected chi connectivity index (χ2v) is 11.8. The lowest BCUT2D eigenvalue weighted by Crippen LogP contribution is -2.45. The molecule has 0 aromatic heterocycles. The Balaban J connectivity index is 2.06. The molecular formula is C16H26OSi. The number of fused-ring (bicyclic) bond motifs is 1. The zero-order chi connectivity index (χ0) is 13.4. The molecule has 1 aliphatic carbocycles. The lowest BCUT2D eigenvalue weighted by Gasteiger charge is -2.40. The zero-order valence-corrected chi connectivity index (χ0v) is 13.4. The third-order valence-corrected chi connectivity index (χ3v) is 9.10. The molecule has 2 rings (SSSR count). The molecule has 18 heavy (non-hydrogen) atoms. The van der Waals surface area contributed by atoms with Gasteiger partial charge in [0.2, 0.25) is 0 Å². The van der Waals surface area contributed by atoms with Gasteiger partial charge < -0.3 is 4.43 Å². The van der Waals surface area contributed by atoms with E-state index in [0.717, 1.165) is 6.42 Å². The van der Waals surface area contributed by atoms with Gasteiger partial charge >= 0.3 is 0 Å². The Morgan fingerprint density at radius 3 is 2.33 bits per heavy atom. The Bertz CT molecular complexity index is 417. The zero-order valence-electron chi connectivity index (χ0n) is 12.4. The molecule has 1 aromatic rings. The lowest BCUT2D eigenvalue weighted by atomic mass is 9.90. The predicted octanol–water partition coefficient (Wildman–Crippen LogP) is 4.57. The molecule has 2 heteroatoms. The van der Waals surface area contributed by atoms with Crippen molar-refractivity contribution in [3.63, 3.8) is 0 Å². The van der Waals surface area contributed by atoms with Gasteiger partial charge in [-0.2, -0.15) is 0 Å². The maximum atomic E-state index is 6.54. The second-order valence-electron chi connectivity index (χ2n) is 7.01. The number of hydrogen-bond acceptors (Lipinski definition) is 1. The van der Waals surface area contributed by atoms with Gasteiger partial charge in [0.1, 0.15) is 0 Å². The van der Waals surface area contributed by atoms with E-state index < -0.39 is 8.32 Å². The van der Waals surface area contributed by atoms with Crippen molar-refractivity contribution in [3.05, 3.63) is 35.4 Å². The highest BCUT2D eigenvalue weighted by atomic mass is 28.4. The minimum Gasteiger partial charge on any atom is -0.414 e. The molecule has 0 fully saturated rings. The Labute approximate surface area is 113 Å². The van der Waals surface area contributed by atoms with Crippen molar-refractivity contribution in [3.8, 4) is 0 Å². The van der Waals surface area contributed by atoms with Crippen molar-refractivity contribution in [1.29, 1.82) is 0 Å². The largest absolute Gasteiger partial charge is 0.414 e. The van der Waals surface area contributed by atoms with Crippen LogP contribution in [0, 0.1) is 0 Å². The van der Waals surface area contributed by atoms with Crippen molar-refractivity contribution in [2.75, 3.05) is 0 Å². The molecule has 1 nitrogen and oxygen atoms in total. The van der Waals surface area contributed by atoms with Gasteiger partial charge in [-0.15, -0.1) is 0 Å². The third-order valence-electron chi connectivity index (χ3n) is 4.57. The third kappa shape index (κ3) is 2.86. The van der Waals surface area contributed by atoms with E-state index in [0.29, 0.717) is 11.1 Å². The summed E-state index contributed by atoms with van der Waals surface area (Å²) in [5, 5.41) is 0.309. The van der Waals surface area contributed by atoms with Gasteiger partial charge in [-0.25, -0.2) is 0 Å². The molecule has 0 radical (unpaired) electrons. The number of hydrogen-bond donors (Lipinski definition) is 0. The smallest absolute Gasteiger partial charge is 0.192 e. The first-order chi connectivity index (χ1) is 8.29. The summed E-state index contributed by atoms with van der Waals surface area (Å²) < 4.78 is 6.54. The fraction of sp³-hybridized carbons (Fsp3) is 0.625. The topological polar surface area (TPSA) is 9.23 Å². The molecule has 1 aromatic carbocycles. The molecule has 0 N–H and O–H groups in total. The maximum absolute atomic E-state index is 6.54. The molecular weight excluding hydrogens is 236 g/mol. The van der Waals surface area contributed by atoms with Crippen LogP contribution in [0.4, 0.5) is 0 Å². The van der Waals surface area contributed by atoms with E-state index in [1.807, 2.05) is 0 Å². The van der Waals surface area contributed by atoms with Crippen LogP contribution >= 0.6 is 0 Å². The minimum absolute atomic E-state index is 0.309. The van der Waals surface area contributed by atoms with Crippen molar-refractivity contribution in [2.45, 2.75) is 64.3 Å². The van der Waals surface area contributed by atoms with Crippen molar-refractivity contribution in [1.82, 2.24) is 0 Å². The van der Waals surface area contributed by atoms with Crippen molar-refractivity contribution in [2.24, 2.45) is 0 Å². The fourth-order valence-electron chi connectivity index (χ4n) is 2.36. The Morgan fingerprint density at radius 1 is 1.11 bits per heavy atom. The normalized spacial score (nSPS) is 20.6. The first kappa shape index (κ1) is 13.8. The summed E-state index contributed by atoms with van der Waals surface area (Å²) in [6, 6.07) is 8.82. The van der Waals surface area contributed by atoms with E-state index in [4.69, 9.17) is 4.43 Å². The molecule has 0 unspecified atom stereocenters. The van der Waals surface area contributed by atoms with Gasteiger partial charge in [-0.3, -0.25) is 0 Å². The molecule has 1 atom stereocenters. The van der Waals surface area contributed by atoms with Gasteiger partial charge in [0.15, 0.2) is 8.32 Å². The Morgan fingerprint density at radius 2 is 1.72 bits per heavy atom. The number of aryl methyl sites for hydroxylation is 1. The molecule has 0 saturated carbocycles. The molecule has 0 amide bonds. The average molecular weight is 262 g/mol. The van der Waals surface area contributed by atoms with E-state index in [1.54, 1.807) is 0 Å². The summed E-state index contributed by atoms with van der Waals surface area (Å²) in [6.07, 6.45) is 3.89. The van der Waals surface area contributed by atoms with E-state index in [-0.39, 0.29) is 0 Å². The molecule has 0 aliphatic heterocycles. The van der Waals surface area contributed by atoms with Crippen molar-refractivity contribution >= 4 is 8.32 Å². The monoisotopic (exact) mass is 262 g/mol. The van der Waals surface area contributed by atoms with Crippen LogP contribution in [0.15, 0.2) is 24.3 Å². The van der Waals surface area contributed by atoms with Crippen LogP contribution in [0.2, 0.25) is 18.1 Å². The first-order valence-electron chi connectivity index (χ1n) is 7.04. The summed E-state index contributed by atoms with van der Waals surface area (Å²) >= 11 is 0. The average Bonchev–Trinajstić information content (AvgIpc) is 2.27. The molecule has 0 saturated heterocycles. The first-order valence-corrected chi connectivity index (χ1v) is 9.95. The van der Waals surface area contributed by atoms with Crippen LogP contribution in [0.1, 0.15) is 38.3 Å². The van der Waals surface area contributed by atoms with E-state index in [1.165, 1.54) is 24.0 Å². The van der Waals surface area contributed by atoms with Crippen LogP contribution in [0.25, 0.3) is 0 Å². The van der Waals surface area contributed by atoms with Crippen LogP contribution in [0.3, 0.4) is 0 Å². The summed E-state index contributed by atoms with van der Waals surface area (Å²) in [7, 11) is -1.61. The lowest BCUT2D eigenvalue weighted by molar-refractivity contribution is 0.165. The quantitative estimate of drug-likeness (QED) is 0.710. The molecule has 0 bridgehead atoms. The molecule has 1 aliphatic rings. The fourth-order valence-corrected chi connectivity index (χ4v) is 3.75. The summed E-state index contributed by atoms with van der Waals surface area (Å²) in [6.45, 7) is 11.7. The van der Waals surface area contributed by atoms with Crippen molar-refractivity contribution < 1.29 is 4.43 Å². The Hall–Kier alpha value is -0.603.